The van der Waals surface area contributed by atoms with Gasteiger partial charge in [-0.1, -0.05) is 53.4 Å². The van der Waals surface area contributed by atoms with Crippen molar-refractivity contribution in [2.45, 2.75) is 13.5 Å². The van der Waals surface area contributed by atoms with E-state index >= 15 is 0 Å². The van der Waals surface area contributed by atoms with Crippen molar-refractivity contribution in [3.05, 3.63) is 93.2 Å². The van der Waals surface area contributed by atoms with Crippen molar-refractivity contribution >= 4 is 34.7 Å². The average Bonchev–Trinajstić information content (AvgIpc) is 3.12. The summed E-state index contributed by atoms with van der Waals surface area (Å²) in [5, 5.41) is 9.04. The van der Waals surface area contributed by atoms with Gasteiger partial charge in [0, 0.05) is 12.1 Å². The molecule has 0 radical (unpaired) electrons. The van der Waals surface area contributed by atoms with Gasteiger partial charge < -0.3 is 5.32 Å². The number of halogens is 2. The summed E-state index contributed by atoms with van der Waals surface area (Å²) in [5.41, 5.74) is 4.50. The summed E-state index contributed by atoms with van der Waals surface area (Å²) in [6.07, 6.45) is 1.74. The van der Waals surface area contributed by atoms with Crippen molar-refractivity contribution in [2.75, 3.05) is 5.32 Å². The van der Waals surface area contributed by atoms with Crippen molar-refractivity contribution in [2.24, 2.45) is 0 Å². The van der Waals surface area contributed by atoms with E-state index in [0.717, 1.165) is 33.8 Å². The number of hydrogen-bond donors (Lipinski definition) is 1. The second-order valence-electron chi connectivity index (χ2n) is 6.31. The zero-order valence-electron chi connectivity index (χ0n) is 15.1. The molecule has 0 atom stereocenters. The zero-order chi connectivity index (χ0) is 19.5. The van der Waals surface area contributed by atoms with E-state index in [4.69, 9.17) is 23.2 Å². The molecule has 6 heteroatoms. The highest BCUT2D eigenvalue weighted by Gasteiger charge is 2.08. The first kappa shape index (κ1) is 18.4. The molecule has 4 nitrogen and oxygen atoms in total. The Morgan fingerprint density at radius 3 is 2.61 bits per heavy atom. The molecule has 2 heterocycles. The quantitative estimate of drug-likeness (QED) is 0.465. The minimum atomic E-state index is 0.536. The third-order valence-electron chi connectivity index (χ3n) is 4.22. The second kappa shape index (κ2) is 7.93. The molecule has 0 aliphatic heterocycles. The molecule has 2 aromatic carbocycles. The van der Waals surface area contributed by atoms with E-state index < -0.39 is 0 Å². The van der Waals surface area contributed by atoms with Crippen LogP contribution in [0.1, 0.15) is 22.4 Å². The Kier molecular flexibility index (Phi) is 5.21. The van der Waals surface area contributed by atoms with E-state index in [-0.39, 0.29) is 0 Å². The van der Waals surface area contributed by atoms with Crippen LogP contribution in [0.4, 0.5) is 5.82 Å². The highest BCUT2D eigenvalue weighted by Crippen LogP contribution is 2.23. The maximum Gasteiger partial charge on any atom is 0.158 e. The van der Waals surface area contributed by atoms with Crippen LogP contribution in [-0.2, 0) is 6.54 Å². The van der Waals surface area contributed by atoms with Crippen LogP contribution in [0.15, 0.2) is 60.8 Å². The molecule has 0 saturated carbocycles. The number of aromatic nitrogens is 3. The molecule has 0 unspecified atom stereocenters. The Bertz CT molecular complexity index is 1200. The molecule has 0 saturated heterocycles. The van der Waals surface area contributed by atoms with Crippen molar-refractivity contribution in [3.63, 3.8) is 0 Å². The van der Waals surface area contributed by atoms with E-state index in [9.17, 15) is 0 Å². The summed E-state index contributed by atoms with van der Waals surface area (Å²) in [4.78, 5) is 4.45. The van der Waals surface area contributed by atoms with Gasteiger partial charge in [-0.3, -0.25) is 0 Å². The molecule has 1 N–H and O–H groups in total. The summed E-state index contributed by atoms with van der Waals surface area (Å²) >= 11 is 12.1. The van der Waals surface area contributed by atoms with E-state index in [0.29, 0.717) is 16.6 Å². The molecule has 28 heavy (non-hydrogen) atoms. The summed E-state index contributed by atoms with van der Waals surface area (Å²) in [7, 11) is 0. The van der Waals surface area contributed by atoms with E-state index in [1.807, 2.05) is 55.5 Å². The Balaban J connectivity index is 1.61. The lowest BCUT2D eigenvalue weighted by Crippen LogP contribution is -2.06. The summed E-state index contributed by atoms with van der Waals surface area (Å²) < 4.78 is 1.77. The van der Waals surface area contributed by atoms with Crippen LogP contribution in [0.25, 0.3) is 5.65 Å². The standard InChI is InChI=1S/C22H16Cl2N4/c1-15-11-21(25-13-17-8-10-19(23)20(24)12-17)27-28-18(14-26-22(15)28)9-7-16-5-3-2-4-6-16/h2-6,8,10-12,14H,13H2,1H3,(H,25,27). The molecule has 4 rings (SSSR count). The minimum Gasteiger partial charge on any atom is -0.365 e. The van der Waals surface area contributed by atoms with Gasteiger partial charge in [0.05, 0.1) is 16.2 Å². The number of aryl methyl sites for hydroxylation is 1. The van der Waals surface area contributed by atoms with Gasteiger partial charge in [0.1, 0.15) is 11.5 Å². The highest BCUT2D eigenvalue weighted by atomic mass is 35.5. The topological polar surface area (TPSA) is 42.2 Å². The van der Waals surface area contributed by atoms with E-state index in [2.05, 4.69) is 27.2 Å². The van der Waals surface area contributed by atoms with Crippen LogP contribution in [0.5, 0.6) is 0 Å². The summed E-state index contributed by atoms with van der Waals surface area (Å²) in [6.45, 7) is 2.58. The molecular weight excluding hydrogens is 391 g/mol. The fourth-order valence-electron chi connectivity index (χ4n) is 2.79. The lowest BCUT2D eigenvalue weighted by atomic mass is 10.2. The normalized spacial score (nSPS) is 10.5. The molecule has 4 aromatic rings. The van der Waals surface area contributed by atoms with Crippen LogP contribution in [0, 0.1) is 18.8 Å². The third kappa shape index (κ3) is 3.96. The predicted octanol–water partition coefficient (Wildman–Crippen LogP) is 5.36. The van der Waals surface area contributed by atoms with Crippen LogP contribution in [0.3, 0.4) is 0 Å². The molecule has 2 aromatic heterocycles. The zero-order valence-corrected chi connectivity index (χ0v) is 16.6. The number of nitrogens with zero attached hydrogens (tertiary/aromatic N) is 3. The van der Waals surface area contributed by atoms with Gasteiger partial charge in [-0.05, 0) is 54.3 Å². The lowest BCUT2D eigenvalue weighted by molar-refractivity contribution is 0.907. The number of imidazole rings is 1. The molecule has 0 aliphatic rings. The first-order valence-corrected chi connectivity index (χ1v) is 9.46. The van der Waals surface area contributed by atoms with Crippen LogP contribution in [-0.4, -0.2) is 14.6 Å². The number of nitrogens with one attached hydrogen (secondary N) is 1. The second-order valence-corrected chi connectivity index (χ2v) is 7.12. The third-order valence-corrected chi connectivity index (χ3v) is 4.96. The number of hydrogen-bond acceptors (Lipinski definition) is 3. The number of benzene rings is 2. The maximum absolute atomic E-state index is 6.09. The number of anilines is 1. The molecule has 0 aliphatic carbocycles. The average molecular weight is 407 g/mol. The molecule has 0 bridgehead atoms. The minimum absolute atomic E-state index is 0.536. The van der Waals surface area contributed by atoms with Gasteiger partial charge >= 0.3 is 0 Å². The van der Waals surface area contributed by atoms with Gasteiger partial charge in [-0.15, -0.1) is 5.10 Å². The van der Waals surface area contributed by atoms with Crippen molar-refractivity contribution in [1.29, 1.82) is 0 Å². The smallest absolute Gasteiger partial charge is 0.158 e. The Morgan fingerprint density at radius 2 is 1.82 bits per heavy atom. The van der Waals surface area contributed by atoms with Crippen LogP contribution < -0.4 is 5.32 Å². The predicted molar refractivity (Wildman–Crippen MR) is 114 cm³/mol. The van der Waals surface area contributed by atoms with Gasteiger partial charge in [0.25, 0.3) is 0 Å². The SMILES string of the molecule is Cc1cc(NCc2ccc(Cl)c(Cl)c2)nn2c(C#Cc3ccccc3)cnc12. The van der Waals surface area contributed by atoms with E-state index in [1.54, 1.807) is 16.8 Å². The first-order chi connectivity index (χ1) is 13.6. The monoisotopic (exact) mass is 406 g/mol. The van der Waals surface area contributed by atoms with Crippen molar-refractivity contribution < 1.29 is 0 Å². The highest BCUT2D eigenvalue weighted by molar-refractivity contribution is 6.42. The summed E-state index contributed by atoms with van der Waals surface area (Å²) in [6, 6.07) is 17.4. The van der Waals surface area contributed by atoms with Gasteiger partial charge in [-0.2, -0.15) is 0 Å². The van der Waals surface area contributed by atoms with Crippen molar-refractivity contribution in [1.82, 2.24) is 14.6 Å². The van der Waals surface area contributed by atoms with Crippen molar-refractivity contribution in [3.8, 4) is 11.8 Å². The van der Waals surface area contributed by atoms with Gasteiger partial charge in [0.2, 0.25) is 0 Å². The number of fused-ring (bicyclic) bond motifs is 1. The molecule has 138 valence electrons. The van der Waals surface area contributed by atoms with Crippen LogP contribution in [0.2, 0.25) is 10.0 Å². The largest absolute Gasteiger partial charge is 0.365 e. The maximum atomic E-state index is 6.09. The Hall–Kier alpha value is -3.00. The first-order valence-electron chi connectivity index (χ1n) is 8.70. The van der Waals surface area contributed by atoms with E-state index in [1.165, 1.54) is 0 Å². The van der Waals surface area contributed by atoms with Crippen LogP contribution >= 0.6 is 23.2 Å². The van der Waals surface area contributed by atoms with Gasteiger partial charge in [-0.25, -0.2) is 9.50 Å². The van der Waals surface area contributed by atoms with Gasteiger partial charge in [0.15, 0.2) is 5.65 Å². The molecule has 0 spiro atoms. The summed E-state index contributed by atoms with van der Waals surface area (Å²) in [5.74, 6) is 7.04. The molecular formula is C22H16Cl2N4. The Morgan fingerprint density at radius 1 is 1.00 bits per heavy atom. The fraction of sp³-hybridized carbons (Fsp3) is 0.0909. The molecule has 0 fully saturated rings. The fourth-order valence-corrected chi connectivity index (χ4v) is 3.11. The molecule has 0 amide bonds. The lowest BCUT2D eigenvalue weighted by Gasteiger charge is -2.09. The Labute approximate surface area is 173 Å². The number of rotatable bonds is 3.